The van der Waals surface area contributed by atoms with Crippen molar-refractivity contribution in [2.45, 2.75) is 13.8 Å². The zero-order valence-corrected chi connectivity index (χ0v) is 29.5. The van der Waals surface area contributed by atoms with Gasteiger partial charge in [-0.15, -0.1) is 0 Å². The van der Waals surface area contributed by atoms with Crippen LogP contribution < -0.4 is 0 Å². The van der Waals surface area contributed by atoms with Gasteiger partial charge in [0.2, 0.25) is 0 Å². The smallest absolute Gasteiger partial charge is 0.0753 e. The van der Waals surface area contributed by atoms with Crippen molar-refractivity contribution in [1.82, 2.24) is 29.9 Å². The average molecular weight is 679 g/mol. The number of aromatic amines is 2. The van der Waals surface area contributed by atoms with Crippen LogP contribution in [0.25, 0.3) is 80.0 Å². The molecule has 254 valence electrons. The van der Waals surface area contributed by atoms with E-state index in [1.165, 1.54) is 0 Å². The van der Waals surface area contributed by atoms with Gasteiger partial charge in [-0.25, -0.2) is 9.97 Å². The number of nitrogens with one attached hydrogen (secondary N) is 2. The van der Waals surface area contributed by atoms with Crippen LogP contribution in [0, 0.1) is 0 Å². The highest BCUT2D eigenvalue weighted by molar-refractivity contribution is 5.97. The van der Waals surface area contributed by atoms with Gasteiger partial charge in [0.15, 0.2) is 0 Å². The van der Waals surface area contributed by atoms with Crippen molar-refractivity contribution in [2.75, 3.05) is 14.1 Å². The number of hydrogen-bond acceptors (Lipinski definition) is 6. The first-order valence-electron chi connectivity index (χ1n) is 17.1. The second-order valence-electron chi connectivity index (χ2n) is 12.2. The molecule has 0 fully saturated rings. The third-order valence-electron chi connectivity index (χ3n) is 8.77. The van der Waals surface area contributed by atoms with E-state index in [0.29, 0.717) is 0 Å². The van der Waals surface area contributed by atoms with Gasteiger partial charge < -0.3 is 9.97 Å². The van der Waals surface area contributed by atoms with Gasteiger partial charge in [-0.05, 0) is 110 Å². The number of H-pyrrole nitrogens is 2. The molecule has 2 aliphatic rings. The van der Waals surface area contributed by atoms with Gasteiger partial charge in [0.05, 0.1) is 45.2 Å². The van der Waals surface area contributed by atoms with Crippen LogP contribution in [0.4, 0.5) is 0 Å². The summed E-state index contributed by atoms with van der Waals surface area (Å²) in [5.41, 5.74) is 14.4. The van der Waals surface area contributed by atoms with Gasteiger partial charge in [-0.1, -0.05) is 36.4 Å². The highest BCUT2D eigenvalue weighted by Crippen LogP contribution is 2.35. The molecule has 2 aliphatic heterocycles. The van der Waals surface area contributed by atoms with Crippen molar-refractivity contribution in [1.29, 1.82) is 0 Å². The average Bonchev–Trinajstić information content (AvgIpc) is 4.01. The van der Waals surface area contributed by atoms with Crippen LogP contribution in [0.3, 0.4) is 0 Å². The van der Waals surface area contributed by atoms with Gasteiger partial charge >= 0.3 is 0 Å². The van der Waals surface area contributed by atoms with E-state index in [-0.39, 0.29) is 0 Å². The van der Waals surface area contributed by atoms with Crippen LogP contribution in [-0.4, -0.2) is 56.4 Å². The summed E-state index contributed by atoms with van der Waals surface area (Å²) in [5, 5.41) is 0. The minimum atomic E-state index is 0.807. The summed E-state index contributed by atoms with van der Waals surface area (Å²) in [6.45, 7) is 4.21. The standard InChI is InChI=1S/C44H38N8/c1-29(13-5-9-25-45-3)41-33-17-18-34(49-33)42(30(2)14-6-10-26-46-4)36-20-22-38(51-36)44(32-16-8-12-28-48-32)40-24-23-39(52-40)43(31-15-7-11-27-47-31)37-21-19-35(41)50-37/h5-28,49,52H,1-4H3/b9-5-,10-6-,29-13+,30-14+,41-33?,41-35?,42-34?,42-36?,43-37?,43-39?,44-38?,44-40?,45-25?,46-26?. The predicted octanol–water partition coefficient (Wildman–Crippen LogP) is 10.1. The molecule has 7 heterocycles. The number of fused-ring (bicyclic) bond motifs is 8. The molecular weight excluding hydrogens is 641 g/mol. The molecule has 0 unspecified atom stereocenters. The molecule has 0 radical (unpaired) electrons. The lowest BCUT2D eigenvalue weighted by molar-refractivity contribution is 1.26. The van der Waals surface area contributed by atoms with Crippen molar-refractivity contribution in [3.05, 3.63) is 143 Å². The maximum atomic E-state index is 5.30. The van der Waals surface area contributed by atoms with Crippen LogP contribution in [0.1, 0.15) is 47.8 Å². The first-order valence-corrected chi connectivity index (χ1v) is 17.1. The van der Waals surface area contributed by atoms with Gasteiger partial charge in [0, 0.05) is 72.2 Å². The molecule has 2 N–H and O–H groups in total. The molecule has 0 saturated heterocycles. The fourth-order valence-corrected chi connectivity index (χ4v) is 6.43. The molecule has 0 aliphatic carbocycles. The fourth-order valence-electron chi connectivity index (χ4n) is 6.43. The summed E-state index contributed by atoms with van der Waals surface area (Å²) in [6.07, 6.45) is 27.5. The van der Waals surface area contributed by atoms with Gasteiger partial charge in [-0.2, -0.15) is 0 Å². The largest absolute Gasteiger partial charge is 0.354 e. The Morgan fingerprint density at radius 1 is 0.519 bits per heavy atom. The molecule has 0 spiro atoms. The first kappa shape index (κ1) is 33.7. The summed E-state index contributed by atoms with van der Waals surface area (Å²) >= 11 is 0. The lowest BCUT2D eigenvalue weighted by Gasteiger charge is -2.06. The van der Waals surface area contributed by atoms with Crippen molar-refractivity contribution in [2.24, 2.45) is 9.98 Å². The molecule has 52 heavy (non-hydrogen) atoms. The maximum absolute atomic E-state index is 5.30. The second-order valence-corrected chi connectivity index (χ2v) is 12.2. The molecule has 7 rings (SSSR count). The number of allylic oxidation sites excluding steroid dienone is 8. The summed E-state index contributed by atoms with van der Waals surface area (Å²) in [5.74, 6) is 0. The van der Waals surface area contributed by atoms with Crippen molar-refractivity contribution in [3.63, 3.8) is 0 Å². The SMILES string of the molecule is CN=C/C=C\C=C(/C)c1c2nc(c(-c3ccccn3)c3ccc([nH]3)c(-c3ccccn3)c3nc(c(/C(C)=C/C=C\C=NC)c4ccc1[nH]4)C=C3)C=C2. The van der Waals surface area contributed by atoms with E-state index in [0.717, 1.165) is 89.6 Å². The van der Waals surface area contributed by atoms with E-state index in [1.54, 1.807) is 26.5 Å². The lowest BCUT2D eigenvalue weighted by atomic mass is 10.0. The Bertz CT molecular complexity index is 2360. The van der Waals surface area contributed by atoms with E-state index < -0.39 is 0 Å². The normalized spacial score (nSPS) is 13.5. The van der Waals surface area contributed by atoms with E-state index in [4.69, 9.17) is 19.9 Å². The van der Waals surface area contributed by atoms with E-state index in [2.05, 4.69) is 94.5 Å². The highest BCUT2D eigenvalue weighted by Gasteiger charge is 2.19. The van der Waals surface area contributed by atoms with E-state index in [1.807, 2.05) is 73.1 Å². The summed E-state index contributed by atoms with van der Waals surface area (Å²) in [7, 11) is 3.52. The zero-order valence-electron chi connectivity index (χ0n) is 29.5. The van der Waals surface area contributed by atoms with Crippen molar-refractivity contribution < 1.29 is 0 Å². The Kier molecular flexibility index (Phi) is 9.97. The quantitative estimate of drug-likeness (QED) is 0.123. The molecule has 0 atom stereocenters. The Hall–Kier alpha value is -6.80. The summed E-state index contributed by atoms with van der Waals surface area (Å²) in [4.78, 5) is 35.8. The minimum Gasteiger partial charge on any atom is -0.354 e. The second kappa shape index (κ2) is 15.4. The highest BCUT2D eigenvalue weighted by atomic mass is 14.8. The predicted molar refractivity (Wildman–Crippen MR) is 220 cm³/mol. The molecule has 0 aromatic carbocycles. The fraction of sp³-hybridized carbons (Fsp3) is 0.0909. The van der Waals surface area contributed by atoms with E-state index >= 15 is 0 Å². The Morgan fingerprint density at radius 3 is 1.37 bits per heavy atom. The van der Waals surface area contributed by atoms with Crippen LogP contribution in [0.5, 0.6) is 0 Å². The Morgan fingerprint density at radius 2 is 0.942 bits per heavy atom. The number of aliphatic imine (C=N–C) groups is 2. The molecule has 8 heteroatoms. The monoisotopic (exact) mass is 678 g/mol. The van der Waals surface area contributed by atoms with Gasteiger partial charge in [0.1, 0.15) is 0 Å². The molecular formula is C44H38N8. The lowest BCUT2D eigenvalue weighted by Crippen LogP contribution is -1.92. The molecule has 5 aromatic heterocycles. The van der Waals surface area contributed by atoms with Gasteiger partial charge in [-0.3, -0.25) is 20.0 Å². The summed E-state index contributed by atoms with van der Waals surface area (Å²) < 4.78 is 0. The third-order valence-corrected chi connectivity index (χ3v) is 8.77. The van der Waals surface area contributed by atoms with Crippen molar-refractivity contribution in [3.8, 4) is 22.5 Å². The van der Waals surface area contributed by atoms with Crippen LogP contribution in [0.2, 0.25) is 0 Å². The number of pyridine rings is 2. The number of aromatic nitrogens is 6. The Balaban J connectivity index is 1.65. The van der Waals surface area contributed by atoms with Gasteiger partial charge in [0.25, 0.3) is 0 Å². The zero-order chi connectivity index (χ0) is 35.9. The Labute approximate surface area is 303 Å². The van der Waals surface area contributed by atoms with Crippen LogP contribution >= 0.6 is 0 Å². The topological polar surface area (TPSA) is 108 Å². The number of nitrogens with zero attached hydrogens (tertiary/aromatic N) is 6. The molecule has 8 bridgehead atoms. The first-order chi connectivity index (χ1) is 25.6. The molecule has 5 aromatic rings. The van der Waals surface area contributed by atoms with Crippen LogP contribution in [0.15, 0.2) is 119 Å². The summed E-state index contributed by atoms with van der Waals surface area (Å²) in [6, 6.07) is 20.3. The minimum absolute atomic E-state index is 0.807. The number of rotatable bonds is 8. The van der Waals surface area contributed by atoms with Crippen LogP contribution in [-0.2, 0) is 0 Å². The van der Waals surface area contributed by atoms with Crippen molar-refractivity contribution >= 4 is 69.9 Å². The maximum Gasteiger partial charge on any atom is 0.0753 e. The third kappa shape index (κ3) is 6.95. The molecule has 0 saturated carbocycles. The van der Waals surface area contributed by atoms with E-state index in [9.17, 15) is 0 Å². The number of hydrogen-bond donors (Lipinski definition) is 2. The molecule has 8 nitrogen and oxygen atoms in total. The molecule has 0 amide bonds.